The minimum absolute atomic E-state index is 0.0531. The average molecular weight is 329 g/mol. The first kappa shape index (κ1) is 14.3. The van der Waals surface area contributed by atoms with Crippen LogP contribution in [0, 0.1) is 0 Å². The number of aliphatic hydroxyl groups is 1. The van der Waals surface area contributed by atoms with E-state index >= 15 is 0 Å². The third kappa shape index (κ3) is 4.81. The summed E-state index contributed by atoms with van der Waals surface area (Å²) >= 11 is 3.36. The van der Waals surface area contributed by atoms with Gasteiger partial charge in [-0.3, -0.25) is 4.79 Å². The molecule has 2 atom stereocenters. The van der Waals surface area contributed by atoms with E-state index < -0.39 is 6.10 Å². The van der Waals surface area contributed by atoms with Gasteiger partial charge < -0.3 is 20.5 Å². The van der Waals surface area contributed by atoms with E-state index in [-0.39, 0.29) is 18.6 Å². The SMILES string of the molecule is O=C1CC(NCC(O)COc2cccc(Br)c2)CN1. The highest BCUT2D eigenvalue weighted by atomic mass is 79.9. The zero-order valence-electron chi connectivity index (χ0n) is 10.4. The number of hydrogen-bond donors (Lipinski definition) is 3. The molecule has 19 heavy (non-hydrogen) atoms. The monoisotopic (exact) mass is 328 g/mol. The number of ether oxygens (including phenoxy) is 1. The van der Waals surface area contributed by atoms with E-state index in [2.05, 4.69) is 26.6 Å². The summed E-state index contributed by atoms with van der Waals surface area (Å²) in [7, 11) is 0. The molecule has 1 heterocycles. The van der Waals surface area contributed by atoms with Crippen molar-refractivity contribution in [3.8, 4) is 5.75 Å². The number of aliphatic hydroxyl groups excluding tert-OH is 1. The Balaban J connectivity index is 1.67. The van der Waals surface area contributed by atoms with Crippen molar-refractivity contribution in [2.45, 2.75) is 18.6 Å². The molecule has 6 heteroatoms. The third-order valence-electron chi connectivity index (χ3n) is 2.86. The van der Waals surface area contributed by atoms with Crippen molar-refractivity contribution in [2.24, 2.45) is 0 Å². The van der Waals surface area contributed by atoms with Crippen molar-refractivity contribution in [3.63, 3.8) is 0 Å². The van der Waals surface area contributed by atoms with Crippen LogP contribution in [-0.2, 0) is 4.79 Å². The number of amides is 1. The van der Waals surface area contributed by atoms with Crippen LogP contribution in [0.1, 0.15) is 6.42 Å². The number of nitrogens with one attached hydrogen (secondary N) is 2. The second-order valence-corrected chi connectivity index (χ2v) is 5.45. The van der Waals surface area contributed by atoms with Crippen molar-refractivity contribution >= 4 is 21.8 Å². The Kier molecular flexibility index (Phi) is 5.18. The quantitative estimate of drug-likeness (QED) is 0.717. The number of benzene rings is 1. The number of halogens is 1. The van der Waals surface area contributed by atoms with Crippen molar-refractivity contribution in [3.05, 3.63) is 28.7 Å². The molecule has 104 valence electrons. The van der Waals surface area contributed by atoms with Gasteiger partial charge in [-0.25, -0.2) is 0 Å². The van der Waals surface area contributed by atoms with Crippen LogP contribution in [0.15, 0.2) is 28.7 Å². The van der Waals surface area contributed by atoms with Gasteiger partial charge in [0.1, 0.15) is 18.5 Å². The first-order valence-corrected chi connectivity index (χ1v) is 6.99. The summed E-state index contributed by atoms with van der Waals surface area (Å²) in [6.07, 6.45) is -0.131. The topological polar surface area (TPSA) is 70.6 Å². The maximum atomic E-state index is 11.0. The molecule has 5 nitrogen and oxygen atoms in total. The molecule has 2 unspecified atom stereocenters. The van der Waals surface area contributed by atoms with Gasteiger partial charge in [0.2, 0.25) is 5.91 Å². The lowest BCUT2D eigenvalue weighted by Gasteiger charge is -2.16. The van der Waals surface area contributed by atoms with Crippen LogP contribution >= 0.6 is 15.9 Å². The summed E-state index contributed by atoms with van der Waals surface area (Å²) in [6, 6.07) is 7.58. The molecule has 0 spiro atoms. The third-order valence-corrected chi connectivity index (χ3v) is 3.35. The molecule has 1 aromatic rings. The standard InChI is InChI=1S/C13H17BrN2O3/c14-9-2-1-3-12(4-9)19-8-11(17)7-15-10-5-13(18)16-6-10/h1-4,10-11,15,17H,5-8H2,(H,16,18). The fourth-order valence-corrected chi connectivity index (χ4v) is 2.24. The molecule has 1 aromatic carbocycles. The van der Waals surface area contributed by atoms with Gasteiger partial charge in [-0.1, -0.05) is 22.0 Å². The van der Waals surface area contributed by atoms with Gasteiger partial charge in [-0.15, -0.1) is 0 Å². The van der Waals surface area contributed by atoms with E-state index in [1.807, 2.05) is 24.3 Å². The molecule has 1 amide bonds. The predicted octanol–water partition coefficient (Wildman–Crippen LogP) is 0.667. The summed E-state index contributed by atoms with van der Waals surface area (Å²) in [5.41, 5.74) is 0. The van der Waals surface area contributed by atoms with Gasteiger partial charge in [0.05, 0.1) is 0 Å². The van der Waals surface area contributed by atoms with Gasteiger partial charge in [-0.05, 0) is 18.2 Å². The predicted molar refractivity (Wildman–Crippen MR) is 75.1 cm³/mol. The zero-order chi connectivity index (χ0) is 13.7. The Morgan fingerprint density at radius 3 is 3.11 bits per heavy atom. The molecule has 0 radical (unpaired) electrons. The molecule has 1 aliphatic heterocycles. The van der Waals surface area contributed by atoms with Gasteiger partial charge >= 0.3 is 0 Å². The van der Waals surface area contributed by atoms with Crippen molar-refractivity contribution in [1.82, 2.24) is 10.6 Å². The fraction of sp³-hybridized carbons (Fsp3) is 0.462. The van der Waals surface area contributed by atoms with E-state index in [1.54, 1.807) is 0 Å². The molecular formula is C13H17BrN2O3. The Labute approximate surface area is 120 Å². The lowest BCUT2D eigenvalue weighted by atomic mass is 10.2. The summed E-state index contributed by atoms with van der Waals surface area (Å²) < 4.78 is 6.42. The van der Waals surface area contributed by atoms with Crippen LogP contribution in [0.3, 0.4) is 0 Å². The smallest absolute Gasteiger partial charge is 0.221 e. The summed E-state index contributed by atoms with van der Waals surface area (Å²) in [6.45, 7) is 1.25. The van der Waals surface area contributed by atoms with E-state index in [0.29, 0.717) is 25.3 Å². The van der Waals surface area contributed by atoms with E-state index in [9.17, 15) is 9.90 Å². The van der Waals surface area contributed by atoms with Crippen LogP contribution in [-0.4, -0.2) is 42.9 Å². The molecule has 0 aromatic heterocycles. The Bertz CT molecular complexity index is 442. The first-order valence-electron chi connectivity index (χ1n) is 6.20. The Morgan fingerprint density at radius 1 is 1.58 bits per heavy atom. The van der Waals surface area contributed by atoms with Crippen LogP contribution in [0.5, 0.6) is 5.75 Å². The van der Waals surface area contributed by atoms with Crippen LogP contribution in [0.2, 0.25) is 0 Å². The molecule has 0 aliphatic carbocycles. The lowest BCUT2D eigenvalue weighted by Crippen LogP contribution is -2.39. The van der Waals surface area contributed by atoms with Gasteiger partial charge in [0.15, 0.2) is 0 Å². The fourth-order valence-electron chi connectivity index (χ4n) is 1.86. The van der Waals surface area contributed by atoms with Crippen LogP contribution in [0.25, 0.3) is 0 Å². The van der Waals surface area contributed by atoms with Gasteiger partial charge in [0.25, 0.3) is 0 Å². The second kappa shape index (κ2) is 6.88. The highest BCUT2D eigenvalue weighted by Gasteiger charge is 2.21. The maximum Gasteiger partial charge on any atom is 0.221 e. The highest BCUT2D eigenvalue weighted by molar-refractivity contribution is 9.10. The molecule has 0 bridgehead atoms. The van der Waals surface area contributed by atoms with Crippen LogP contribution < -0.4 is 15.4 Å². The summed E-state index contributed by atoms with van der Waals surface area (Å²) in [5, 5.41) is 15.7. The molecular weight excluding hydrogens is 312 g/mol. The van der Waals surface area contributed by atoms with Gasteiger partial charge in [-0.2, -0.15) is 0 Å². The normalized spacial score (nSPS) is 20.1. The minimum atomic E-state index is -0.602. The second-order valence-electron chi connectivity index (χ2n) is 4.54. The van der Waals surface area contributed by atoms with Crippen molar-refractivity contribution < 1.29 is 14.6 Å². The van der Waals surface area contributed by atoms with Crippen LogP contribution in [0.4, 0.5) is 0 Å². The number of hydrogen-bond acceptors (Lipinski definition) is 4. The number of rotatable bonds is 6. The molecule has 3 N–H and O–H groups in total. The lowest BCUT2D eigenvalue weighted by molar-refractivity contribution is -0.119. The zero-order valence-corrected chi connectivity index (χ0v) is 12.0. The largest absolute Gasteiger partial charge is 0.491 e. The summed E-state index contributed by atoms with van der Waals surface area (Å²) in [4.78, 5) is 11.0. The minimum Gasteiger partial charge on any atom is -0.491 e. The number of carbonyl (C=O) groups is 1. The van der Waals surface area contributed by atoms with E-state index in [4.69, 9.17) is 4.74 Å². The number of carbonyl (C=O) groups excluding carboxylic acids is 1. The highest BCUT2D eigenvalue weighted by Crippen LogP contribution is 2.17. The first-order chi connectivity index (χ1) is 9.13. The molecule has 1 aliphatic rings. The summed E-state index contributed by atoms with van der Waals surface area (Å²) in [5.74, 6) is 0.767. The van der Waals surface area contributed by atoms with Crippen molar-refractivity contribution in [2.75, 3.05) is 19.7 Å². The molecule has 0 saturated carbocycles. The van der Waals surface area contributed by atoms with Gasteiger partial charge in [0, 0.05) is 30.0 Å². The van der Waals surface area contributed by atoms with E-state index in [0.717, 1.165) is 4.47 Å². The Hall–Kier alpha value is -1.11. The van der Waals surface area contributed by atoms with Crippen molar-refractivity contribution in [1.29, 1.82) is 0 Å². The Morgan fingerprint density at radius 2 is 2.42 bits per heavy atom. The van der Waals surface area contributed by atoms with E-state index in [1.165, 1.54) is 0 Å². The average Bonchev–Trinajstić information content (AvgIpc) is 2.80. The maximum absolute atomic E-state index is 11.0. The molecule has 2 rings (SSSR count). The molecule has 1 fully saturated rings. The molecule has 1 saturated heterocycles.